The number of alkyl halides is 1. The molecule has 2 unspecified atom stereocenters. The van der Waals surface area contributed by atoms with E-state index in [9.17, 15) is 4.79 Å². The van der Waals surface area contributed by atoms with Gasteiger partial charge in [0, 0.05) is 18.2 Å². The smallest absolute Gasteiger partial charge is 0.333 e. The highest BCUT2D eigenvalue weighted by atomic mass is 35.5. The van der Waals surface area contributed by atoms with Crippen LogP contribution in [0.3, 0.4) is 0 Å². The van der Waals surface area contributed by atoms with Gasteiger partial charge in [-0.15, -0.1) is 0 Å². The van der Waals surface area contributed by atoms with Gasteiger partial charge in [0.05, 0.1) is 6.61 Å². The Balaban J connectivity index is 2.81. The van der Waals surface area contributed by atoms with Crippen LogP contribution in [0, 0.1) is 0 Å². The normalized spacial score (nSPS) is 30.3. The fourth-order valence-electron chi connectivity index (χ4n) is 1.35. The first-order valence-corrected chi connectivity index (χ1v) is 5.29. The van der Waals surface area contributed by atoms with Crippen LogP contribution >= 0.6 is 11.6 Å². The lowest BCUT2D eigenvalue weighted by atomic mass is 10.0. The predicted octanol–water partition coefficient (Wildman–Crippen LogP) is 2.17. The van der Waals surface area contributed by atoms with Crippen LogP contribution in [0.25, 0.3) is 0 Å². The summed E-state index contributed by atoms with van der Waals surface area (Å²) in [7, 11) is 0. The summed E-state index contributed by atoms with van der Waals surface area (Å²) in [6.07, 6.45) is 1.47. The zero-order chi connectivity index (χ0) is 10.8. The van der Waals surface area contributed by atoms with E-state index in [-0.39, 0.29) is 12.0 Å². The number of carbonyl (C=O) groups is 1. The molecule has 0 aliphatic carbocycles. The molecule has 3 nitrogen and oxygen atoms in total. The molecule has 0 amide bonds. The molecule has 1 aliphatic heterocycles. The highest BCUT2D eigenvalue weighted by Gasteiger charge is 2.45. The number of nitrogens with zero attached hydrogens (tertiary/aromatic N) is 1. The SMILES string of the molecule is CCC(C)N=C(C)C1(Cl)CCOC1=O. The van der Waals surface area contributed by atoms with Gasteiger partial charge < -0.3 is 4.74 Å². The zero-order valence-corrected chi connectivity index (χ0v) is 9.60. The van der Waals surface area contributed by atoms with Crippen molar-refractivity contribution in [3.63, 3.8) is 0 Å². The third-order valence-electron chi connectivity index (χ3n) is 2.58. The number of cyclic esters (lactones) is 1. The standard InChI is InChI=1S/C10H16ClNO2/c1-4-7(2)12-8(3)10(11)5-6-14-9(10)13/h7H,4-6H2,1-3H3. The van der Waals surface area contributed by atoms with E-state index in [0.29, 0.717) is 18.7 Å². The summed E-state index contributed by atoms with van der Waals surface area (Å²) in [6.45, 7) is 6.25. The summed E-state index contributed by atoms with van der Waals surface area (Å²) in [4.78, 5) is 14.8. The number of rotatable bonds is 3. The molecule has 0 radical (unpaired) electrons. The monoisotopic (exact) mass is 217 g/mol. The van der Waals surface area contributed by atoms with Gasteiger partial charge in [0.25, 0.3) is 0 Å². The van der Waals surface area contributed by atoms with Gasteiger partial charge in [-0.2, -0.15) is 0 Å². The third-order valence-corrected chi connectivity index (χ3v) is 3.20. The van der Waals surface area contributed by atoms with Crippen LogP contribution in [0.1, 0.15) is 33.6 Å². The maximum Gasteiger partial charge on any atom is 0.333 e. The second kappa shape index (κ2) is 4.30. The molecule has 1 heterocycles. The molecule has 1 fully saturated rings. The molecule has 1 aliphatic rings. The van der Waals surface area contributed by atoms with Crippen molar-refractivity contribution in [2.45, 2.75) is 44.5 Å². The predicted molar refractivity (Wildman–Crippen MR) is 57.0 cm³/mol. The van der Waals surface area contributed by atoms with Crippen molar-refractivity contribution in [3.8, 4) is 0 Å². The molecule has 2 atom stereocenters. The lowest BCUT2D eigenvalue weighted by Crippen LogP contribution is -2.36. The second-order valence-electron chi connectivity index (χ2n) is 3.66. The number of carbonyl (C=O) groups excluding carboxylic acids is 1. The fourth-order valence-corrected chi connectivity index (χ4v) is 1.53. The van der Waals surface area contributed by atoms with Crippen LogP contribution in [-0.2, 0) is 9.53 Å². The van der Waals surface area contributed by atoms with E-state index in [4.69, 9.17) is 16.3 Å². The van der Waals surface area contributed by atoms with Gasteiger partial charge in [-0.25, -0.2) is 4.79 Å². The molecular formula is C10H16ClNO2. The van der Waals surface area contributed by atoms with E-state index >= 15 is 0 Å². The summed E-state index contributed by atoms with van der Waals surface area (Å²) < 4.78 is 4.85. The molecule has 4 heteroatoms. The summed E-state index contributed by atoms with van der Waals surface area (Å²) in [5.74, 6) is -0.358. The summed E-state index contributed by atoms with van der Waals surface area (Å²) >= 11 is 6.17. The van der Waals surface area contributed by atoms with Gasteiger partial charge in [0.2, 0.25) is 0 Å². The molecule has 1 rings (SSSR count). The molecule has 0 aromatic rings. The topological polar surface area (TPSA) is 38.7 Å². The van der Waals surface area contributed by atoms with E-state index < -0.39 is 4.87 Å². The molecule has 0 aromatic carbocycles. The van der Waals surface area contributed by atoms with Gasteiger partial charge in [-0.3, -0.25) is 4.99 Å². The Morgan fingerprint density at radius 3 is 2.86 bits per heavy atom. The van der Waals surface area contributed by atoms with Gasteiger partial charge in [0.1, 0.15) is 0 Å². The van der Waals surface area contributed by atoms with Crippen molar-refractivity contribution >= 4 is 23.3 Å². The van der Waals surface area contributed by atoms with Gasteiger partial charge in [-0.05, 0) is 20.3 Å². The van der Waals surface area contributed by atoms with Gasteiger partial charge in [-0.1, -0.05) is 18.5 Å². The summed E-state index contributed by atoms with van der Waals surface area (Å²) in [5.41, 5.74) is 0.677. The molecule has 0 spiro atoms. The van der Waals surface area contributed by atoms with Crippen LogP contribution in [0.15, 0.2) is 4.99 Å². The Hall–Kier alpha value is -0.570. The number of esters is 1. The Labute approximate surface area is 89.5 Å². The van der Waals surface area contributed by atoms with Crippen molar-refractivity contribution in [3.05, 3.63) is 0 Å². The molecular weight excluding hydrogens is 202 g/mol. The number of hydrogen-bond acceptors (Lipinski definition) is 3. The molecule has 0 bridgehead atoms. The lowest BCUT2D eigenvalue weighted by molar-refractivity contribution is -0.138. The van der Waals surface area contributed by atoms with E-state index in [0.717, 1.165) is 6.42 Å². The Kier molecular flexibility index (Phi) is 3.53. The highest BCUT2D eigenvalue weighted by Crippen LogP contribution is 2.29. The molecule has 0 N–H and O–H groups in total. The maximum absolute atomic E-state index is 11.4. The second-order valence-corrected chi connectivity index (χ2v) is 4.30. The number of ether oxygens (including phenoxy) is 1. The molecule has 0 saturated carbocycles. The number of aliphatic imine (C=N–C) groups is 1. The minimum atomic E-state index is -0.997. The Bertz CT molecular complexity index is 265. The van der Waals surface area contributed by atoms with Gasteiger partial charge >= 0.3 is 5.97 Å². The minimum absolute atomic E-state index is 0.207. The van der Waals surface area contributed by atoms with E-state index in [1.54, 1.807) is 6.92 Å². The van der Waals surface area contributed by atoms with Gasteiger partial charge in [0.15, 0.2) is 4.87 Å². The van der Waals surface area contributed by atoms with Crippen LogP contribution < -0.4 is 0 Å². The van der Waals surface area contributed by atoms with Crippen LogP contribution in [0.5, 0.6) is 0 Å². The van der Waals surface area contributed by atoms with E-state index in [1.807, 2.05) is 6.92 Å². The zero-order valence-electron chi connectivity index (χ0n) is 8.84. The average molecular weight is 218 g/mol. The van der Waals surface area contributed by atoms with Crippen molar-refractivity contribution in [2.24, 2.45) is 4.99 Å². The quantitative estimate of drug-likeness (QED) is 0.413. The summed E-state index contributed by atoms with van der Waals surface area (Å²) in [5, 5.41) is 0. The molecule has 0 aromatic heterocycles. The summed E-state index contributed by atoms with van der Waals surface area (Å²) in [6, 6.07) is 0.207. The van der Waals surface area contributed by atoms with Crippen LogP contribution in [0.4, 0.5) is 0 Å². The van der Waals surface area contributed by atoms with Crippen molar-refractivity contribution in [1.82, 2.24) is 0 Å². The first kappa shape index (κ1) is 11.5. The Morgan fingerprint density at radius 1 is 1.79 bits per heavy atom. The highest BCUT2D eigenvalue weighted by molar-refractivity contribution is 6.46. The van der Waals surface area contributed by atoms with Crippen molar-refractivity contribution < 1.29 is 9.53 Å². The molecule has 80 valence electrons. The van der Waals surface area contributed by atoms with Crippen molar-refractivity contribution in [2.75, 3.05) is 6.61 Å². The maximum atomic E-state index is 11.4. The van der Waals surface area contributed by atoms with E-state index in [1.165, 1.54) is 0 Å². The minimum Gasteiger partial charge on any atom is -0.464 e. The van der Waals surface area contributed by atoms with E-state index in [2.05, 4.69) is 11.9 Å². The first-order chi connectivity index (χ1) is 6.50. The third kappa shape index (κ3) is 2.08. The van der Waals surface area contributed by atoms with Crippen LogP contribution in [0.2, 0.25) is 0 Å². The molecule has 14 heavy (non-hydrogen) atoms. The first-order valence-electron chi connectivity index (χ1n) is 4.91. The lowest BCUT2D eigenvalue weighted by Gasteiger charge is -2.17. The van der Waals surface area contributed by atoms with Crippen molar-refractivity contribution in [1.29, 1.82) is 0 Å². The largest absolute Gasteiger partial charge is 0.464 e. The average Bonchev–Trinajstić information content (AvgIpc) is 2.48. The van der Waals surface area contributed by atoms with Crippen LogP contribution in [-0.4, -0.2) is 29.2 Å². The number of hydrogen-bond donors (Lipinski definition) is 0. The molecule has 1 saturated heterocycles. The fraction of sp³-hybridized carbons (Fsp3) is 0.800. The Morgan fingerprint density at radius 2 is 2.43 bits per heavy atom. The number of halogens is 1.